The Morgan fingerprint density at radius 3 is 2.36 bits per heavy atom. The second-order valence-corrected chi connectivity index (χ2v) is 5.41. The fourth-order valence-electron chi connectivity index (χ4n) is 2.29. The Morgan fingerprint density at radius 2 is 1.68 bits per heavy atom. The first-order valence-electron chi connectivity index (χ1n) is 7.75. The number of hydrogen-bond acceptors (Lipinski definition) is 3. The molecule has 2 aromatic carbocycles. The summed E-state index contributed by atoms with van der Waals surface area (Å²) < 4.78 is 28.1. The highest BCUT2D eigenvalue weighted by atomic mass is 19.3. The van der Waals surface area contributed by atoms with E-state index in [1.165, 1.54) is 29.1 Å². The highest BCUT2D eigenvalue weighted by molar-refractivity contribution is 5.84. The van der Waals surface area contributed by atoms with Gasteiger partial charge in [0.1, 0.15) is 0 Å². The van der Waals surface area contributed by atoms with Gasteiger partial charge < -0.3 is 5.32 Å². The monoisotopic (exact) mass is 342 g/mol. The van der Waals surface area contributed by atoms with Crippen molar-refractivity contribution in [3.63, 3.8) is 0 Å². The van der Waals surface area contributed by atoms with E-state index in [4.69, 9.17) is 0 Å². The number of hydrogen-bond donors (Lipinski definition) is 1. The first-order valence-corrected chi connectivity index (χ1v) is 7.75. The number of rotatable bonds is 6. The standard InChI is InChI=1S/C18H16F2N4O/c19-18(20,14-7-3-1-4-8-14)17(25)21-12-11-15-13-22-24(23-15)16-9-5-2-6-10-16/h1-10,13H,11-12H2,(H,21,25). The van der Waals surface area contributed by atoms with Crippen molar-refractivity contribution in [2.24, 2.45) is 0 Å². The summed E-state index contributed by atoms with van der Waals surface area (Å²) in [6.45, 7) is 0.0503. The normalized spacial score (nSPS) is 11.3. The molecule has 7 heteroatoms. The second-order valence-electron chi connectivity index (χ2n) is 5.41. The molecule has 5 nitrogen and oxygen atoms in total. The number of carbonyl (C=O) groups is 1. The van der Waals surface area contributed by atoms with E-state index in [0.717, 1.165) is 5.69 Å². The predicted octanol–water partition coefficient (Wildman–Crippen LogP) is 2.72. The lowest BCUT2D eigenvalue weighted by atomic mass is 10.1. The molecule has 0 aliphatic rings. The molecule has 0 fully saturated rings. The Bertz CT molecular complexity index is 835. The van der Waals surface area contributed by atoms with Crippen molar-refractivity contribution in [3.05, 3.63) is 78.1 Å². The quantitative estimate of drug-likeness (QED) is 0.749. The summed E-state index contributed by atoms with van der Waals surface area (Å²) in [5, 5.41) is 10.6. The van der Waals surface area contributed by atoms with Crippen LogP contribution < -0.4 is 5.32 Å². The molecule has 0 spiro atoms. The van der Waals surface area contributed by atoms with Gasteiger partial charge in [0.15, 0.2) is 0 Å². The maximum Gasteiger partial charge on any atom is 0.349 e. The molecule has 0 unspecified atom stereocenters. The molecular weight excluding hydrogens is 326 g/mol. The van der Waals surface area contributed by atoms with Gasteiger partial charge in [0.2, 0.25) is 0 Å². The third kappa shape index (κ3) is 3.88. The highest BCUT2D eigenvalue weighted by Gasteiger charge is 2.40. The average molecular weight is 342 g/mol. The minimum Gasteiger partial charge on any atom is -0.350 e. The number of aromatic nitrogens is 3. The van der Waals surface area contributed by atoms with Crippen molar-refractivity contribution in [2.45, 2.75) is 12.3 Å². The molecule has 25 heavy (non-hydrogen) atoms. The summed E-state index contributed by atoms with van der Waals surface area (Å²) in [5.74, 6) is -4.89. The van der Waals surface area contributed by atoms with Crippen molar-refractivity contribution < 1.29 is 13.6 Å². The lowest BCUT2D eigenvalue weighted by molar-refractivity contribution is -0.146. The van der Waals surface area contributed by atoms with Gasteiger partial charge in [0.05, 0.1) is 17.6 Å². The molecule has 0 atom stereocenters. The Balaban J connectivity index is 1.56. The maximum atomic E-state index is 14.1. The predicted molar refractivity (Wildman–Crippen MR) is 88.4 cm³/mol. The van der Waals surface area contributed by atoms with Crippen molar-refractivity contribution in [1.82, 2.24) is 20.3 Å². The van der Waals surface area contributed by atoms with Gasteiger partial charge in [-0.1, -0.05) is 48.5 Å². The molecule has 3 rings (SSSR count). The van der Waals surface area contributed by atoms with Gasteiger partial charge in [-0.25, -0.2) is 0 Å². The van der Waals surface area contributed by atoms with Crippen molar-refractivity contribution >= 4 is 5.91 Å². The third-order valence-electron chi connectivity index (χ3n) is 3.61. The number of nitrogens with zero attached hydrogens (tertiary/aromatic N) is 3. The number of carbonyl (C=O) groups excluding carboxylic acids is 1. The molecule has 1 amide bonds. The Morgan fingerprint density at radius 1 is 1.04 bits per heavy atom. The number of amides is 1. The molecular formula is C18H16F2N4O. The van der Waals surface area contributed by atoms with E-state index < -0.39 is 11.8 Å². The van der Waals surface area contributed by atoms with E-state index in [2.05, 4.69) is 15.5 Å². The van der Waals surface area contributed by atoms with Crippen LogP contribution in [0.5, 0.6) is 0 Å². The zero-order chi connectivity index (χ0) is 17.7. The number of alkyl halides is 2. The first-order chi connectivity index (χ1) is 12.1. The Labute approximate surface area is 143 Å². The molecule has 0 aliphatic carbocycles. The van der Waals surface area contributed by atoms with E-state index >= 15 is 0 Å². The SMILES string of the molecule is O=C(NCCc1cnn(-c2ccccc2)n1)C(F)(F)c1ccccc1. The fraction of sp³-hybridized carbons (Fsp3) is 0.167. The number of benzene rings is 2. The summed E-state index contributed by atoms with van der Waals surface area (Å²) >= 11 is 0. The van der Waals surface area contributed by atoms with Crippen molar-refractivity contribution in [1.29, 1.82) is 0 Å². The zero-order valence-electron chi connectivity index (χ0n) is 13.3. The van der Waals surface area contributed by atoms with Crippen LogP contribution in [0.2, 0.25) is 0 Å². The Hall–Kier alpha value is -3.09. The van der Waals surface area contributed by atoms with Gasteiger partial charge in [-0.05, 0) is 12.1 Å². The number of halogens is 2. The molecule has 0 bridgehead atoms. The maximum absolute atomic E-state index is 14.1. The molecule has 3 aromatic rings. The lowest BCUT2D eigenvalue weighted by Gasteiger charge is -2.15. The van der Waals surface area contributed by atoms with Crippen LogP contribution in [-0.2, 0) is 17.1 Å². The zero-order valence-corrected chi connectivity index (χ0v) is 13.3. The third-order valence-corrected chi connectivity index (χ3v) is 3.61. The number of para-hydroxylation sites is 1. The summed E-state index contributed by atoms with van der Waals surface area (Å²) in [6.07, 6.45) is 1.86. The smallest absolute Gasteiger partial charge is 0.349 e. The van der Waals surface area contributed by atoms with Gasteiger partial charge in [0.25, 0.3) is 5.91 Å². The minimum absolute atomic E-state index is 0.0503. The minimum atomic E-state index is -3.57. The van der Waals surface area contributed by atoms with E-state index in [1.807, 2.05) is 30.3 Å². The molecule has 0 saturated heterocycles. The average Bonchev–Trinajstić information content (AvgIpc) is 3.12. The van der Waals surface area contributed by atoms with E-state index in [9.17, 15) is 13.6 Å². The molecule has 1 heterocycles. The van der Waals surface area contributed by atoms with E-state index in [-0.39, 0.29) is 12.1 Å². The molecule has 1 aromatic heterocycles. The molecule has 0 aliphatic heterocycles. The first kappa shape index (κ1) is 16.8. The molecule has 128 valence electrons. The van der Waals surface area contributed by atoms with Crippen molar-refractivity contribution in [2.75, 3.05) is 6.54 Å². The van der Waals surface area contributed by atoms with Crippen LogP contribution in [0.15, 0.2) is 66.9 Å². The highest BCUT2D eigenvalue weighted by Crippen LogP contribution is 2.27. The largest absolute Gasteiger partial charge is 0.350 e. The van der Waals surface area contributed by atoms with Gasteiger partial charge in [-0.2, -0.15) is 23.8 Å². The molecule has 0 radical (unpaired) electrons. The van der Waals surface area contributed by atoms with Crippen LogP contribution in [-0.4, -0.2) is 27.4 Å². The van der Waals surface area contributed by atoms with Crippen LogP contribution in [0.3, 0.4) is 0 Å². The summed E-state index contributed by atoms with van der Waals surface area (Å²) in [6, 6.07) is 16.3. The topological polar surface area (TPSA) is 59.8 Å². The van der Waals surface area contributed by atoms with Crippen LogP contribution in [0.1, 0.15) is 11.3 Å². The van der Waals surface area contributed by atoms with Gasteiger partial charge in [-0.3, -0.25) is 4.79 Å². The van der Waals surface area contributed by atoms with Gasteiger partial charge in [-0.15, -0.1) is 0 Å². The van der Waals surface area contributed by atoms with Crippen LogP contribution in [0.25, 0.3) is 5.69 Å². The van der Waals surface area contributed by atoms with Crippen LogP contribution >= 0.6 is 0 Å². The van der Waals surface area contributed by atoms with Gasteiger partial charge in [0, 0.05) is 18.5 Å². The van der Waals surface area contributed by atoms with E-state index in [1.54, 1.807) is 12.3 Å². The van der Waals surface area contributed by atoms with Crippen LogP contribution in [0, 0.1) is 0 Å². The number of nitrogens with one attached hydrogen (secondary N) is 1. The van der Waals surface area contributed by atoms with Crippen LogP contribution in [0.4, 0.5) is 8.78 Å². The summed E-state index contributed by atoms with van der Waals surface area (Å²) in [4.78, 5) is 13.2. The second kappa shape index (κ2) is 7.21. The van der Waals surface area contributed by atoms with Gasteiger partial charge >= 0.3 is 5.92 Å². The molecule has 1 N–H and O–H groups in total. The summed E-state index contributed by atoms with van der Waals surface area (Å²) in [7, 11) is 0. The fourth-order valence-corrected chi connectivity index (χ4v) is 2.29. The summed E-state index contributed by atoms with van der Waals surface area (Å²) in [5.41, 5.74) is 1.07. The van der Waals surface area contributed by atoms with Crippen molar-refractivity contribution in [3.8, 4) is 5.69 Å². The lowest BCUT2D eigenvalue weighted by Crippen LogP contribution is -2.39. The van der Waals surface area contributed by atoms with E-state index in [0.29, 0.717) is 12.1 Å². The molecule has 0 saturated carbocycles. The Kier molecular flexibility index (Phi) is 4.83.